The Morgan fingerprint density at radius 2 is 2.05 bits per heavy atom. The number of ketones is 1. The Kier molecular flexibility index (Phi) is 3.33. The van der Waals surface area contributed by atoms with Gasteiger partial charge in [0.05, 0.1) is 11.7 Å². The predicted octanol–water partition coefficient (Wildman–Crippen LogP) is 2.25. The molecule has 5 heteroatoms. The molecule has 1 aromatic heterocycles. The van der Waals surface area contributed by atoms with Gasteiger partial charge in [-0.05, 0) is 36.5 Å². The molecule has 108 valence electrons. The molecule has 1 atom stereocenters. The van der Waals surface area contributed by atoms with Crippen molar-refractivity contribution < 1.29 is 14.7 Å². The van der Waals surface area contributed by atoms with Gasteiger partial charge in [0.2, 0.25) is 0 Å². The summed E-state index contributed by atoms with van der Waals surface area (Å²) in [7, 11) is 0. The second-order valence-corrected chi connectivity index (χ2v) is 5.72. The summed E-state index contributed by atoms with van der Waals surface area (Å²) in [6.45, 7) is 1.63. The van der Waals surface area contributed by atoms with Crippen LogP contribution in [0.25, 0.3) is 0 Å². The van der Waals surface area contributed by atoms with Crippen molar-refractivity contribution in [3.05, 3.63) is 57.4 Å². The van der Waals surface area contributed by atoms with Crippen molar-refractivity contribution in [3.63, 3.8) is 0 Å². The zero-order valence-electron chi connectivity index (χ0n) is 11.4. The summed E-state index contributed by atoms with van der Waals surface area (Å²) in [6.07, 6.45) is 0.904. The van der Waals surface area contributed by atoms with E-state index in [0.717, 1.165) is 5.56 Å². The summed E-state index contributed by atoms with van der Waals surface area (Å²) >= 11 is 6.19. The summed E-state index contributed by atoms with van der Waals surface area (Å²) < 4.78 is 0. The van der Waals surface area contributed by atoms with Gasteiger partial charge in [-0.25, -0.2) is 0 Å². The van der Waals surface area contributed by atoms with E-state index >= 15 is 0 Å². The number of carboxylic acid groups (broad SMARTS) is 1. The Labute approximate surface area is 126 Å². The lowest BCUT2D eigenvalue weighted by Gasteiger charge is -2.22. The van der Waals surface area contributed by atoms with Crippen molar-refractivity contribution >= 4 is 23.4 Å². The molecule has 1 N–H and O–H groups in total. The van der Waals surface area contributed by atoms with E-state index in [-0.39, 0.29) is 17.4 Å². The topological polar surface area (TPSA) is 73.0 Å². The molecule has 1 heterocycles. The summed E-state index contributed by atoms with van der Waals surface area (Å²) in [5.41, 5.74) is 2.53. The van der Waals surface area contributed by atoms with E-state index in [1.54, 1.807) is 13.0 Å². The highest BCUT2D eigenvalue weighted by atomic mass is 35.5. The molecular weight excluding hydrogens is 290 g/mol. The minimum atomic E-state index is -1.29. The van der Waals surface area contributed by atoms with Gasteiger partial charge in [-0.3, -0.25) is 4.79 Å². The highest BCUT2D eigenvalue weighted by molar-refractivity contribution is 6.31. The summed E-state index contributed by atoms with van der Waals surface area (Å²) in [5.74, 6) is -1.38. The first-order valence-corrected chi connectivity index (χ1v) is 7.07. The number of rotatable bonds is 2. The van der Waals surface area contributed by atoms with E-state index in [0.29, 0.717) is 34.7 Å². The van der Waals surface area contributed by atoms with Crippen LogP contribution in [-0.4, -0.2) is 16.7 Å². The quantitative estimate of drug-likeness (QED) is 0.924. The number of aromatic carboxylic acids is 1. The lowest BCUT2D eigenvalue weighted by Crippen LogP contribution is -2.23. The second-order valence-electron chi connectivity index (χ2n) is 5.32. The van der Waals surface area contributed by atoms with Crippen molar-refractivity contribution in [1.29, 1.82) is 0 Å². The first-order valence-electron chi connectivity index (χ1n) is 6.69. The third-order valence-corrected chi connectivity index (χ3v) is 4.38. The molecule has 4 nitrogen and oxygen atoms in total. The van der Waals surface area contributed by atoms with Gasteiger partial charge >= 0.3 is 0 Å². The van der Waals surface area contributed by atoms with E-state index in [1.807, 2.05) is 18.2 Å². The van der Waals surface area contributed by atoms with Crippen molar-refractivity contribution in [2.24, 2.45) is 0 Å². The number of hydrogen-bond acceptors (Lipinski definition) is 3. The highest BCUT2D eigenvalue weighted by Gasteiger charge is 2.31. The molecule has 0 amide bonds. The molecule has 0 spiro atoms. The average Bonchev–Trinajstić information content (AvgIpc) is 2.77. The molecule has 0 aliphatic heterocycles. The molecule has 0 saturated heterocycles. The normalized spacial score (nSPS) is 17.6. The lowest BCUT2D eigenvalue weighted by molar-refractivity contribution is -0.255. The van der Waals surface area contributed by atoms with Crippen molar-refractivity contribution in [2.45, 2.75) is 25.7 Å². The number of carbonyl (C=O) groups excluding carboxylic acids is 2. The molecule has 1 aromatic carbocycles. The number of nitrogens with one attached hydrogen (secondary N) is 1. The number of aromatic amines is 1. The van der Waals surface area contributed by atoms with Gasteiger partial charge in [-0.1, -0.05) is 29.8 Å². The van der Waals surface area contributed by atoms with Crippen molar-refractivity contribution in [1.82, 2.24) is 4.98 Å². The summed E-state index contributed by atoms with van der Waals surface area (Å²) in [4.78, 5) is 26.3. The lowest BCUT2D eigenvalue weighted by atomic mass is 9.81. The van der Waals surface area contributed by atoms with Gasteiger partial charge < -0.3 is 14.9 Å². The Morgan fingerprint density at radius 3 is 2.71 bits per heavy atom. The number of carboxylic acids is 1. The van der Waals surface area contributed by atoms with Gasteiger partial charge in [0.15, 0.2) is 5.78 Å². The van der Waals surface area contributed by atoms with Gasteiger partial charge in [0, 0.05) is 22.7 Å². The van der Waals surface area contributed by atoms with Gasteiger partial charge in [0.1, 0.15) is 0 Å². The molecule has 1 aliphatic carbocycles. The zero-order valence-corrected chi connectivity index (χ0v) is 12.2. The van der Waals surface area contributed by atoms with E-state index in [2.05, 4.69) is 4.98 Å². The maximum absolute atomic E-state index is 12.4. The number of H-pyrrole nitrogens is 1. The molecule has 1 aliphatic rings. The minimum absolute atomic E-state index is 0.00633. The highest BCUT2D eigenvalue weighted by Crippen LogP contribution is 2.37. The van der Waals surface area contributed by atoms with Crippen LogP contribution in [-0.2, 0) is 6.42 Å². The molecule has 0 unspecified atom stereocenters. The van der Waals surface area contributed by atoms with Gasteiger partial charge in [0.25, 0.3) is 0 Å². The van der Waals surface area contributed by atoms with Crippen LogP contribution < -0.4 is 5.11 Å². The van der Waals surface area contributed by atoms with Crippen LogP contribution in [0.5, 0.6) is 0 Å². The monoisotopic (exact) mass is 302 g/mol. The standard InChI is InChI=1S/C16H14ClNO3/c1-8-14-12(18-15(8)16(20)21)6-9(7-13(14)19)10-4-2-3-5-11(10)17/h2-5,9,18H,6-7H2,1H3,(H,20,21)/p-1/t9-/m1/s1. The Morgan fingerprint density at radius 1 is 1.33 bits per heavy atom. The van der Waals surface area contributed by atoms with Gasteiger partial charge in [-0.2, -0.15) is 0 Å². The fourth-order valence-electron chi connectivity index (χ4n) is 3.06. The van der Waals surface area contributed by atoms with Crippen molar-refractivity contribution in [2.75, 3.05) is 0 Å². The number of benzene rings is 1. The van der Waals surface area contributed by atoms with Crippen LogP contribution in [0.4, 0.5) is 0 Å². The fraction of sp³-hybridized carbons (Fsp3) is 0.250. The average molecular weight is 303 g/mol. The van der Waals surface area contributed by atoms with Crippen LogP contribution >= 0.6 is 11.6 Å². The number of hydrogen-bond donors (Lipinski definition) is 1. The Bertz CT molecular complexity index is 748. The van der Waals surface area contributed by atoms with Crippen LogP contribution in [0.1, 0.15) is 50.0 Å². The fourth-order valence-corrected chi connectivity index (χ4v) is 3.35. The summed E-state index contributed by atoms with van der Waals surface area (Å²) in [5, 5.41) is 11.7. The first-order chi connectivity index (χ1) is 9.99. The first kappa shape index (κ1) is 13.9. The molecule has 2 aromatic rings. The van der Waals surface area contributed by atoms with Crippen LogP contribution in [0.3, 0.4) is 0 Å². The smallest absolute Gasteiger partial charge is 0.165 e. The summed E-state index contributed by atoms with van der Waals surface area (Å²) in [6, 6.07) is 7.42. The van der Waals surface area contributed by atoms with Crippen LogP contribution in [0.15, 0.2) is 24.3 Å². The Hall–Kier alpha value is -2.07. The van der Waals surface area contributed by atoms with Gasteiger partial charge in [-0.15, -0.1) is 0 Å². The Balaban J connectivity index is 2.04. The SMILES string of the molecule is Cc1c(C(=O)[O-])[nH]c2c1C(=O)C[C@H](c1ccccc1Cl)C2. The molecule has 0 radical (unpaired) electrons. The second kappa shape index (κ2) is 5.04. The van der Waals surface area contributed by atoms with Crippen LogP contribution in [0.2, 0.25) is 5.02 Å². The number of fused-ring (bicyclic) bond motifs is 1. The number of aromatic nitrogens is 1. The van der Waals surface area contributed by atoms with E-state index in [9.17, 15) is 14.7 Å². The largest absolute Gasteiger partial charge is 0.543 e. The van der Waals surface area contributed by atoms with E-state index < -0.39 is 5.97 Å². The van der Waals surface area contributed by atoms with Crippen LogP contribution in [0, 0.1) is 6.92 Å². The minimum Gasteiger partial charge on any atom is -0.543 e. The van der Waals surface area contributed by atoms with E-state index in [1.165, 1.54) is 0 Å². The number of halogens is 1. The van der Waals surface area contributed by atoms with Crippen molar-refractivity contribution in [3.8, 4) is 0 Å². The maximum Gasteiger partial charge on any atom is 0.165 e. The number of Topliss-reactive ketones (excluding diaryl/α,β-unsaturated/α-hetero) is 1. The molecular formula is C16H13ClNO3-. The maximum atomic E-state index is 12.4. The molecule has 0 bridgehead atoms. The number of carbonyl (C=O) groups is 2. The predicted molar refractivity (Wildman–Crippen MR) is 76.7 cm³/mol. The third-order valence-electron chi connectivity index (χ3n) is 4.04. The zero-order chi connectivity index (χ0) is 15.1. The molecule has 0 fully saturated rings. The molecule has 3 rings (SSSR count). The molecule has 21 heavy (non-hydrogen) atoms. The van der Waals surface area contributed by atoms with E-state index in [4.69, 9.17) is 11.6 Å². The third kappa shape index (κ3) is 2.25. The molecule has 0 saturated carbocycles.